The third-order valence-electron chi connectivity index (χ3n) is 4.05. The third kappa shape index (κ3) is 4.37. The topological polar surface area (TPSA) is 40.5 Å². The molecule has 0 aliphatic carbocycles. The minimum Gasteiger partial charge on any atom is -0.387 e. The molecule has 0 bridgehead atoms. The molecule has 1 aliphatic rings. The first-order valence-corrected chi connectivity index (χ1v) is 9.87. The Kier molecular flexibility index (Phi) is 5.75. The number of carbonyl (C=O) groups is 1. The maximum absolute atomic E-state index is 12.9. The van der Waals surface area contributed by atoms with Crippen LogP contribution in [0.2, 0.25) is 0 Å². The van der Waals surface area contributed by atoms with Gasteiger partial charge in [0.1, 0.15) is 0 Å². The van der Waals surface area contributed by atoms with Gasteiger partial charge in [-0.15, -0.1) is 11.8 Å². The van der Waals surface area contributed by atoms with Crippen LogP contribution in [0.15, 0.2) is 47.2 Å². The molecule has 5 heteroatoms. The fraction of sp³-hybridized carbons (Fsp3) is 0.389. The number of nitrogens with zero attached hydrogens (tertiary/aromatic N) is 1. The van der Waals surface area contributed by atoms with E-state index in [1.165, 1.54) is 0 Å². The van der Waals surface area contributed by atoms with Crippen LogP contribution in [0.3, 0.4) is 0 Å². The second-order valence-corrected chi connectivity index (χ2v) is 7.87. The molecule has 2 atom stereocenters. The Hall–Kier alpha value is -1.30. The second-order valence-electron chi connectivity index (χ2n) is 5.78. The van der Waals surface area contributed by atoms with Gasteiger partial charge in [0.15, 0.2) is 0 Å². The van der Waals surface area contributed by atoms with Crippen LogP contribution in [0, 0.1) is 0 Å². The van der Waals surface area contributed by atoms with Gasteiger partial charge >= 0.3 is 0 Å². The Balaban J connectivity index is 1.73. The fourth-order valence-corrected chi connectivity index (χ4v) is 4.74. The lowest BCUT2D eigenvalue weighted by atomic mass is 10.1. The summed E-state index contributed by atoms with van der Waals surface area (Å²) in [7, 11) is 0. The Bertz CT molecular complexity index is 609. The summed E-state index contributed by atoms with van der Waals surface area (Å²) in [6.45, 7) is 0.902. The smallest absolute Gasteiger partial charge is 0.236 e. The largest absolute Gasteiger partial charge is 0.387 e. The van der Waals surface area contributed by atoms with Crippen molar-refractivity contribution in [2.45, 2.75) is 30.7 Å². The summed E-state index contributed by atoms with van der Waals surface area (Å²) in [6, 6.07) is 11.9. The number of hydrogen-bond donors (Lipinski definition) is 1. The lowest BCUT2D eigenvalue weighted by Gasteiger charge is -2.27. The molecule has 0 radical (unpaired) electrons. The number of aliphatic hydroxyl groups is 1. The lowest BCUT2D eigenvalue weighted by molar-refractivity contribution is -0.132. The highest BCUT2D eigenvalue weighted by atomic mass is 32.2. The third-order valence-corrected chi connectivity index (χ3v) is 6.12. The zero-order chi connectivity index (χ0) is 16.1. The van der Waals surface area contributed by atoms with Crippen LogP contribution in [0.4, 0.5) is 0 Å². The predicted octanol–water partition coefficient (Wildman–Crippen LogP) is 3.71. The summed E-state index contributed by atoms with van der Waals surface area (Å²) >= 11 is 3.31. The summed E-state index contributed by atoms with van der Waals surface area (Å²) in [4.78, 5) is 14.7. The van der Waals surface area contributed by atoms with Gasteiger partial charge in [-0.25, -0.2) is 0 Å². The Labute approximate surface area is 145 Å². The normalized spacial score (nSPS) is 18.7. The van der Waals surface area contributed by atoms with Crippen molar-refractivity contribution in [3.8, 4) is 0 Å². The van der Waals surface area contributed by atoms with Gasteiger partial charge in [0.25, 0.3) is 0 Å². The van der Waals surface area contributed by atoms with Crippen LogP contribution in [-0.4, -0.2) is 33.5 Å². The summed E-state index contributed by atoms with van der Waals surface area (Å²) in [5, 5.41) is 14.4. The van der Waals surface area contributed by atoms with Gasteiger partial charge in [0.2, 0.25) is 5.91 Å². The van der Waals surface area contributed by atoms with Gasteiger partial charge in [-0.3, -0.25) is 4.79 Å². The molecular formula is C18H21NO2S2. The van der Waals surface area contributed by atoms with Crippen molar-refractivity contribution in [3.63, 3.8) is 0 Å². The maximum atomic E-state index is 12.9. The first-order valence-electron chi connectivity index (χ1n) is 7.88. The first-order chi connectivity index (χ1) is 11.2. The van der Waals surface area contributed by atoms with Crippen LogP contribution in [0.5, 0.6) is 0 Å². The van der Waals surface area contributed by atoms with Crippen molar-refractivity contribution in [1.29, 1.82) is 0 Å². The summed E-state index contributed by atoms with van der Waals surface area (Å²) in [5.74, 6) is 1.22. The molecule has 2 aromatic rings. The van der Waals surface area contributed by atoms with E-state index in [0.29, 0.717) is 13.1 Å². The van der Waals surface area contributed by atoms with Gasteiger partial charge in [0, 0.05) is 6.54 Å². The molecule has 1 saturated heterocycles. The molecule has 0 spiro atoms. The zero-order valence-corrected chi connectivity index (χ0v) is 14.6. The monoisotopic (exact) mass is 347 g/mol. The number of hydrogen-bond acceptors (Lipinski definition) is 4. The SMILES string of the molecule is O=C(C1CCCS1)N(Cc1ccccc1)CC(O)c1ccsc1. The number of benzene rings is 1. The molecule has 1 fully saturated rings. The van der Waals surface area contributed by atoms with Crippen molar-refractivity contribution in [2.24, 2.45) is 0 Å². The highest BCUT2D eigenvalue weighted by Gasteiger charge is 2.29. The second kappa shape index (κ2) is 7.99. The molecule has 2 unspecified atom stereocenters. The van der Waals surface area contributed by atoms with Gasteiger partial charge in [-0.1, -0.05) is 30.3 Å². The molecule has 1 amide bonds. The molecule has 1 aromatic carbocycles. The quantitative estimate of drug-likeness (QED) is 0.866. The number of thiophene rings is 1. The molecule has 1 aliphatic heterocycles. The van der Waals surface area contributed by atoms with E-state index in [9.17, 15) is 9.90 Å². The van der Waals surface area contributed by atoms with Crippen molar-refractivity contribution >= 4 is 29.0 Å². The van der Waals surface area contributed by atoms with Crippen molar-refractivity contribution in [1.82, 2.24) is 4.90 Å². The average molecular weight is 348 g/mol. The summed E-state index contributed by atoms with van der Waals surface area (Å²) in [6.07, 6.45) is 1.43. The van der Waals surface area contributed by atoms with E-state index >= 15 is 0 Å². The lowest BCUT2D eigenvalue weighted by Crippen LogP contribution is -2.39. The average Bonchev–Trinajstić information content (AvgIpc) is 3.27. The van der Waals surface area contributed by atoms with E-state index in [2.05, 4.69) is 0 Å². The molecule has 1 N–H and O–H groups in total. The van der Waals surface area contributed by atoms with Gasteiger partial charge in [0.05, 0.1) is 17.9 Å². The molecule has 23 heavy (non-hydrogen) atoms. The molecule has 2 heterocycles. The molecule has 0 saturated carbocycles. The highest BCUT2D eigenvalue weighted by Crippen LogP contribution is 2.29. The van der Waals surface area contributed by atoms with E-state index in [4.69, 9.17) is 0 Å². The zero-order valence-electron chi connectivity index (χ0n) is 12.9. The van der Waals surface area contributed by atoms with Crippen molar-refractivity contribution in [3.05, 3.63) is 58.3 Å². The number of thioether (sulfide) groups is 1. The van der Waals surface area contributed by atoms with E-state index in [1.54, 1.807) is 23.1 Å². The summed E-state index contributed by atoms with van der Waals surface area (Å²) < 4.78 is 0. The van der Waals surface area contributed by atoms with Gasteiger partial charge < -0.3 is 10.0 Å². The highest BCUT2D eigenvalue weighted by molar-refractivity contribution is 8.00. The number of aliphatic hydroxyl groups excluding tert-OH is 1. The van der Waals surface area contributed by atoms with E-state index in [1.807, 2.05) is 52.1 Å². The van der Waals surface area contributed by atoms with E-state index in [0.717, 1.165) is 29.7 Å². The Morgan fingerprint density at radius 3 is 2.78 bits per heavy atom. The predicted molar refractivity (Wildman–Crippen MR) is 96.6 cm³/mol. The van der Waals surface area contributed by atoms with Gasteiger partial charge in [-0.2, -0.15) is 11.3 Å². The minimum absolute atomic E-state index is 0.0494. The van der Waals surface area contributed by atoms with Crippen LogP contribution in [-0.2, 0) is 11.3 Å². The van der Waals surface area contributed by atoms with Crippen LogP contribution < -0.4 is 0 Å². The molecule has 122 valence electrons. The molecule has 3 nitrogen and oxygen atoms in total. The maximum Gasteiger partial charge on any atom is 0.236 e. The molecule has 1 aromatic heterocycles. The Morgan fingerprint density at radius 1 is 1.30 bits per heavy atom. The molecular weight excluding hydrogens is 326 g/mol. The van der Waals surface area contributed by atoms with Crippen molar-refractivity contribution < 1.29 is 9.90 Å². The van der Waals surface area contributed by atoms with Crippen molar-refractivity contribution in [2.75, 3.05) is 12.3 Å². The Morgan fingerprint density at radius 2 is 2.13 bits per heavy atom. The number of amides is 1. The molecule has 3 rings (SSSR count). The van der Waals surface area contributed by atoms with E-state index < -0.39 is 6.10 Å². The van der Waals surface area contributed by atoms with Crippen LogP contribution in [0.1, 0.15) is 30.1 Å². The van der Waals surface area contributed by atoms with Gasteiger partial charge in [-0.05, 0) is 46.5 Å². The van der Waals surface area contributed by atoms with Crippen LogP contribution in [0.25, 0.3) is 0 Å². The summed E-state index contributed by atoms with van der Waals surface area (Å²) in [5.41, 5.74) is 1.99. The van der Waals surface area contributed by atoms with E-state index in [-0.39, 0.29) is 11.2 Å². The standard InChI is InChI=1S/C18H21NO2S2/c20-16(15-8-10-22-13-15)12-19(11-14-5-2-1-3-6-14)18(21)17-7-4-9-23-17/h1-3,5-6,8,10,13,16-17,20H,4,7,9,11-12H2. The fourth-order valence-electron chi connectivity index (χ4n) is 2.79. The first kappa shape index (κ1) is 16.6. The minimum atomic E-state index is -0.625. The number of carbonyl (C=O) groups excluding carboxylic acids is 1. The van der Waals surface area contributed by atoms with Crippen LogP contribution >= 0.6 is 23.1 Å². The number of rotatable bonds is 6.